The molecule has 6 nitrogen and oxygen atoms in total. The fourth-order valence-electron chi connectivity index (χ4n) is 1.63. The van der Waals surface area contributed by atoms with Crippen molar-refractivity contribution in [2.24, 2.45) is 0 Å². The lowest BCUT2D eigenvalue weighted by molar-refractivity contribution is -0.385. The standard InChI is InChI=1S/C13H9BrFNO5S/c1-8-2-4-10(5-3-8)22(19,20)21-13-11(14)6-9(15)7-12(13)16(17)18/h2-7H,1H3. The summed E-state index contributed by atoms with van der Waals surface area (Å²) in [5.41, 5.74) is 0.0513. The van der Waals surface area contributed by atoms with Crippen molar-refractivity contribution in [2.45, 2.75) is 11.8 Å². The number of hydrogen-bond acceptors (Lipinski definition) is 5. The predicted octanol–water partition coefficient (Wildman–Crippen LogP) is 3.57. The lowest BCUT2D eigenvalue weighted by Gasteiger charge is -2.09. The summed E-state index contributed by atoms with van der Waals surface area (Å²) in [5.74, 6) is -1.47. The summed E-state index contributed by atoms with van der Waals surface area (Å²) in [6.45, 7) is 1.78. The third-order valence-electron chi connectivity index (χ3n) is 2.69. The first-order chi connectivity index (χ1) is 10.2. The van der Waals surface area contributed by atoms with E-state index in [0.29, 0.717) is 6.07 Å². The van der Waals surface area contributed by atoms with Crippen LogP contribution in [0.25, 0.3) is 0 Å². The Morgan fingerprint density at radius 2 is 1.82 bits per heavy atom. The average molecular weight is 390 g/mol. The Balaban J connectivity index is 2.50. The molecule has 0 unspecified atom stereocenters. The molecule has 2 aromatic carbocycles. The number of benzene rings is 2. The van der Waals surface area contributed by atoms with Crippen LogP contribution < -0.4 is 4.18 Å². The highest BCUT2D eigenvalue weighted by molar-refractivity contribution is 9.10. The van der Waals surface area contributed by atoms with Crippen molar-refractivity contribution in [3.05, 3.63) is 62.4 Å². The first-order valence-electron chi connectivity index (χ1n) is 5.85. The zero-order valence-corrected chi connectivity index (χ0v) is 13.5. The van der Waals surface area contributed by atoms with Crippen molar-refractivity contribution < 1.29 is 21.9 Å². The molecule has 0 aliphatic heterocycles. The van der Waals surface area contributed by atoms with Gasteiger partial charge in [0.05, 0.1) is 15.5 Å². The van der Waals surface area contributed by atoms with Crippen LogP contribution in [0.3, 0.4) is 0 Å². The van der Waals surface area contributed by atoms with E-state index in [0.717, 1.165) is 11.6 Å². The number of nitro benzene ring substituents is 1. The Kier molecular flexibility index (Phi) is 4.47. The van der Waals surface area contributed by atoms with Crippen LogP contribution in [0.2, 0.25) is 0 Å². The molecule has 0 saturated heterocycles. The van der Waals surface area contributed by atoms with E-state index in [-0.39, 0.29) is 9.37 Å². The van der Waals surface area contributed by atoms with Gasteiger partial charge < -0.3 is 4.18 Å². The van der Waals surface area contributed by atoms with Crippen molar-refractivity contribution >= 4 is 31.7 Å². The number of rotatable bonds is 4. The maximum atomic E-state index is 13.2. The molecule has 0 N–H and O–H groups in total. The fourth-order valence-corrected chi connectivity index (χ4v) is 3.20. The van der Waals surface area contributed by atoms with Crippen LogP contribution >= 0.6 is 15.9 Å². The van der Waals surface area contributed by atoms with Gasteiger partial charge >= 0.3 is 15.8 Å². The predicted molar refractivity (Wildman–Crippen MR) is 79.7 cm³/mol. The molecule has 0 radical (unpaired) electrons. The summed E-state index contributed by atoms with van der Waals surface area (Å²) >= 11 is 2.87. The van der Waals surface area contributed by atoms with Gasteiger partial charge in [0, 0.05) is 0 Å². The van der Waals surface area contributed by atoms with Gasteiger partial charge in [0.25, 0.3) is 0 Å². The van der Waals surface area contributed by atoms with E-state index in [1.54, 1.807) is 19.1 Å². The molecule has 0 heterocycles. The summed E-state index contributed by atoms with van der Waals surface area (Å²) in [6, 6.07) is 7.22. The smallest absolute Gasteiger partial charge is 0.339 e. The molecule has 116 valence electrons. The highest BCUT2D eigenvalue weighted by Crippen LogP contribution is 2.37. The van der Waals surface area contributed by atoms with E-state index in [1.165, 1.54) is 12.1 Å². The molecule has 0 aromatic heterocycles. The third kappa shape index (κ3) is 3.42. The van der Waals surface area contributed by atoms with Crippen LogP contribution in [0.1, 0.15) is 5.56 Å². The SMILES string of the molecule is Cc1ccc(S(=O)(=O)Oc2c(Br)cc(F)cc2[N+](=O)[O-])cc1. The van der Waals surface area contributed by atoms with Gasteiger partial charge in [-0.15, -0.1) is 0 Å². The fraction of sp³-hybridized carbons (Fsp3) is 0.0769. The van der Waals surface area contributed by atoms with Gasteiger partial charge in [-0.3, -0.25) is 10.1 Å². The van der Waals surface area contributed by atoms with Gasteiger partial charge in [-0.1, -0.05) is 17.7 Å². The normalized spacial score (nSPS) is 11.2. The topological polar surface area (TPSA) is 86.5 Å². The molecule has 9 heteroatoms. The van der Waals surface area contributed by atoms with Crippen molar-refractivity contribution in [1.82, 2.24) is 0 Å². The van der Waals surface area contributed by atoms with E-state index in [2.05, 4.69) is 15.9 Å². The van der Waals surface area contributed by atoms with Gasteiger partial charge in [0.1, 0.15) is 10.7 Å². The second kappa shape index (κ2) is 6.01. The van der Waals surface area contributed by atoms with Crippen molar-refractivity contribution in [2.75, 3.05) is 0 Å². The minimum absolute atomic E-state index is 0.163. The number of aryl methyl sites for hydroxylation is 1. The van der Waals surface area contributed by atoms with Crippen molar-refractivity contribution in [1.29, 1.82) is 0 Å². The molecule has 0 amide bonds. The lowest BCUT2D eigenvalue weighted by Crippen LogP contribution is -2.11. The van der Waals surface area contributed by atoms with E-state index in [4.69, 9.17) is 4.18 Å². The minimum atomic E-state index is -4.28. The Bertz CT molecular complexity index is 836. The van der Waals surface area contributed by atoms with Crippen LogP contribution in [0, 0.1) is 22.9 Å². The molecule has 0 aliphatic carbocycles. The maximum absolute atomic E-state index is 13.2. The van der Waals surface area contributed by atoms with Crippen LogP contribution in [-0.2, 0) is 10.1 Å². The van der Waals surface area contributed by atoms with Crippen LogP contribution in [-0.4, -0.2) is 13.3 Å². The lowest BCUT2D eigenvalue weighted by atomic mass is 10.2. The largest absolute Gasteiger partial charge is 0.370 e. The Morgan fingerprint density at radius 3 is 2.36 bits per heavy atom. The molecule has 2 aromatic rings. The monoisotopic (exact) mass is 389 g/mol. The number of halogens is 2. The van der Waals surface area contributed by atoms with Crippen LogP contribution in [0.15, 0.2) is 45.8 Å². The zero-order valence-electron chi connectivity index (χ0n) is 11.1. The molecule has 0 spiro atoms. The Morgan fingerprint density at radius 1 is 1.23 bits per heavy atom. The van der Waals surface area contributed by atoms with E-state index in [9.17, 15) is 22.9 Å². The molecule has 0 atom stereocenters. The highest BCUT2D eigenvalue weighted by Gasteiger charge is 2.27. The second-order valence-electron chi connectivity index (χ2n) is 4.34. The Labute approximate surface area is 133 Å². The van der Waals surface area contributed by atoms with Crippen LogP contribution in [0.5, 0.6) is 5.75 Å². The molecule has 0 saturated carbocycles. The quantitative estimate of drug-likeness (QED) is 0.453. The second-order valence-corrected chi connectivity index (χ2v) is 6.74. The first-order valence-corrected chi connectivity index (χ1v) is 8.05. The number of nitrogens with zero attached hydrogens (tertiary/aromatic N) is 1. The third-order valence-corrected chi connectivity index (χ3v) is 4.51. The van der Waals surface area contributed by atoms with Gasteiger partial charge in [0.2, 0.25) is 5.75 Å². The summed E-state index contributed by atoms with van der Waals surface area (Å²) in [5, 5.41) is 10.9. The summed E-state index contributed by atoms with van der Waals surface area (Å²) < 4.78 is 42.2. The number of nitro groups is 1. The minimum Gasteiger partial charge on any atom is -0.370 e. The molecule has 2 rings (SSSR count). The van der Waals surface area contributed by atoms with Gasteiger partial charge in [-0.25, -0.2) is 4.39 Å². The molecular formula is C13H9BrFNO5S. The summed E-state index contributed by atoms with van der Waals surface area (Å²) in [7, 11) is -4.28. The summed E-state index contributed by atoms with van der Waals surface area (Å²) in [4.78, 5) is 9.85. The van der Waals surface area contributed by atoms with E-state index in [1.807, 2.05) is 0 Å². The zero-order chi connectivity index (χ0) is 16.5. The van der Waals surface area contributed by atoms with Gasteiger partial charge in [0.15, 0.2) is 0 Å². The molecular weight excluding hydrogens is 381 g/mol. The maximum Gasteiger partial charge on any atom is 0.339 e. The van der Waals surface area contributed by atoms with Gasteiger partial charge in [-0.05, 0) is 41.1 Å². The molecule has 0 aliphatic rings. The van der Waals surface area contributed by atoms with Crippen LogP contribution in [0.4, 0.5) is 10.1 Å². The van der Waals surface area contributed by atoms with E-state index >= 15 is 0 Å². The average Bonchev–Trinajstić information content (AvgIpc) is 2.41. The molecule has 0 bridgehead atoms. The van der Waals surface area contributed by atoms with Crippen molar-refractivity contribution in [3.63, 3.8) is 0 Å². The first kappa shape index (κ1) is 16.4. The Hall–Kier alpha value is -2.00. The van der Waals surface area contributed by atoms with Crippen molar-refractivity contribution in [3.8, 4) is 5.75 Å². The summed E-state index contributed by atoms with van der Waals surface area (Å²) in [6.07, 6.45) is 0. The highest BCUT2D eigenvalue weighted by atomic mass is 79.9. The molecule has 0 fully saturated rings. The number of hydrogen-bond donors (Lipinski definition) is 0. The van der Waals surface area contributed by atoms with E-state index < -0.39 is 32.3 Å². The molecule has 22 heavy (non-hydrogen) atoms. The van der Waals surface area contributed by atoms with Gasteiger partial charge in [-0.2, -0.15) is 8.42 Å².